The van der Waals surface area contributed by atoms with Crippen LogP contribution in [0, 0.1) is 0 Å². The van der Waals surface area contributed by atoms with Gasteiger partial charge >= 0.3 is 47.8 Å². The van der Waals surface area contributed by atoms with Gasteiger partial charge in [0.25, 0.3) is 0 Å². The number of carboxylic acid groups (broad SMARTS) is 8. The molecule has 0 unspecified atom stereocenters. The monoisotopic (exact) mass is 618 g/mol. The van der Waals surface area contributed by atoms with Gasteiger partial charge in [0.2, 0.25) is 0 Å². The molecule has 42 heavy (non-hydrogen) atoms. The highest BCUT2D eigenvalue weighted by atomic mass is 16.4. The van der Waals surface area contributed by atoms with Crippen molar-refractivity contribution in [3.63, 3.8) is 0 Å². The van der Waals surface area contributed by atoms with Gasteiger partial charge in [-0.15, -0.1) is 0 Å². The molecule has 22 heteroatoms. The lowest BCUT2D eigenvalue weighted by molar-refractivity contribution is -0.145. The zero-order valence-electron chi connectivity index (χ0n) is 22.5. The van der Waals surface area contributed by atoms with Crippen LogP contribution in [0.4, 0.5) is 0 Å². The van der Waals surface area contributed by atoms with E-state index in [1.165, 1.54) is 0 Å². The molecule has 244 valence electrons. The Bertz CT molecular complexity index is 709. The summed E-state index contributed by atoms with van der Waals surface area (Å²) < 4.78 is 0. The fourth-order valence-corrected chi connectivity index (χ4v) is 2.95. The summed E-state index contributed by atoms with van der Waals surface area (Å²) in [5.41, 5.74) is 0. The number of rotatable bonds is 22. The summed E-state index contributed by atoms with van der Waals surface area (Å²) >= 11 is 0. The maximum Gasteiger partial charge on any atom is 0.317 e. The van der Waals surface area contributed by atoms with Gasteiger partial charge in [0.05, 0.1) is 52.4 Å². The number of aliphatic carboxylic acids is 8. The summed E-state index contributed by atoms with van der Waals surface area (Å²) in [5.74, 6) is -9.82. The maximum atomic E-state index is 10.6. The number of nitrogens with zero attached hydrogens (tertiary/aromatic N) is 4. The van der Waals surface area contributed by atoms with Gasteiger partial charge in [0.1, 0.15) is 0 Å². The van der Waals surface area contributed by atoms with Gasteiger partial charge in [-0.25, -0.2) is 0 Å². The van der Waals surface area contributed by atoms with Crippen LogP contribution in [0.1, 0.15) is 0 Å². The molecule has 0 aliphatic carbocycles. The van der Waals surface area contributed by atoms with E-state index in [1.54, 1.807) is 0 Å². The molecular formula is C20H38N6O16. The minimum absolute atomic E-state index is 0. The lowest BCUT2D eigenvalue weighted by Crippen LogP contribution is -2.43. The molecule has 22 nitrogen and oxygen atoms in total. The summed E-state index contributed by atoms with van der Waals surface area (Å²) in [6.07, 6.45) is 0. The quantitative estimate of drug-likeness (QED) is 0.0555. The average Bonchev–Trinajstić information content (AvgIpc) is 2.72. The molecule has 0 aromatic heterocycles. The third kappa shape index (κ3) is 30.1. The van der Waals surface area contributed by atoms with Crippen LogP contribution in [0.5, 0.6) is 0 Å². The average molecular weight is 619 g/mol. The molecule has 0 aliphatic rings. The van der Waals surface area contributed by atoms with Crippen LogP contribution in [0.25, 0.3) is 0 Å². The van der Waals surface area contributed by atoms with Gasteiger partial charge in [0, 0.05) is 26.2 Å². The molecule has 0 aliphatic heterocycles. The van der Waals surface area contributed by atoms with E-state index < -0.39 is 100 Å². The van der Waals surface area contributed by atoms with Crippen molar-refractivity contribution in [2.24, 2.45) is 0 Å². The Hall–Kier alpha value is -4.48. The second-order valence-electron chi connectivity index (χ2n) is 7.99. The van der Waals surface area contributed by atoms with Gasteiger partial charge in [-0.1, -0.05) is 0 Å². The van der Waals surface area contributed by atoms with Crippen LogP contribution >= 0.6 is 0 Å². The van der Waals surface area contributed by atoms with Crippen molar-refractivity contribution in [2.45, 2.75) is 0 Å². The Morgan fingerprint density at radius 1 is 0.286 bits per heavy atom. The highest BCUT2D eigenvalue weighted by molar-refractivity contribution is 5.74. The summed E-state index contributed by atoms with van der Waals surface area (Å²) in [6, 6.07) is 0. The van der Waals surface area contributed by atoms with Crippen LogP contribution < -0.4 is 12.3 Å². The molecule has 14 N–H and O–H groups in total. The van der Waals surface area contributed by atoms with Crippen molar-refractivity contribution in [3.05, 3.63) is 0 Å². The first kappa shape index (κ1) is 44.5. The standard InChI is InChI=1S/2C10H16N2O8.2H3N/c2*13-7(14)3-11(4-8(15)16)1-2-12(5-9(17)18)6-10(19)20;;/h2*1-6H2,(H,13,14)(H,15,16)(H,17,18)(H,19,20);2*1H3. The second-order valence-corrected chi connectivity index (χ2v) is 7.99. The molecule has 0 spiro atoms. The van der Waals surface area contributed by atoms with E-state index in [0.29, 0.717) is 0 Å². The Kier molecular flexibility index (Phi) is 25.8. The third-order valence-corrected chi connectivity index (χ3v) is 4.34. The number of carbonyl (C=O) groups is 8. The fourth-order valence-electron chi connectivity index (χ4n) is 2.95. The number of hydrogen-bond donors (Lipinski definition) is 10. The summed E-state index contributed by atoms with van der Waals surface area (Å²) in [5, 5.41) is 68.9. The highest BCUT2D eigenvalue weighted by Crippen LogP contribution is 1.95. The lowest BCUT2D eigenvalue weighted by Gasteiger charge is -2.23. The van der Waals surface area contributed by atoms with Crippen LogP contribution in [0.2, 0.25) is 0 Å². The summed E-state index contributed by atoms with van der Waals surface area (Å²) in [6.45, 7) is -4.50. The first-order valence-corrected chi connectivity index (χ1v) is 11.0. The highest BCUT2D eigenvalue weighted by Gasteiger charge is 2.19. The number of carboxylic acids is 8. The van der Waals surface area contributed by atoms with Crippen molar-refractivity contribution >= 4 is 47.8 Å². The van der Waals surface area contributed by atoms with Crippen LogP contribution in [-0.4, -0.2) is 187 Å². The molecule has 0 heterocycles. The molecule has 0 rings (SSSR count). The number of hydrogen-bond acceptors (Lipinski definition) is 14. The molecule has 0 atom stereocenters. The summed E-state index contributed by atoms with van der Waals surface area (Å²) in [4.78, 5) is 88.7. The van der Waals surface area contributed by atoms with Crippen molar-refractivity contribution in [1.82, 2.24) is 31.9 Å². The van der Waals surface area contributed by atoms with Crippen LogP contribution in [0.15, 0.2) is 0 Å². The van der Waals surface area contributed by atoms with E-state index in [0.717, 1.165) is 19.6 Å². The normalized spacial score (nSPS) is 10.2. The first-order valence-electron chi connectivity index (χ1n) is 11.0. The van der Waals surface area contributed by atoms with Gasteiger partial charge in [-0.3, -0.25) is 58.0 Å². The molecule has 0 bridgehead atoms. The minimum atomic E-state index is -1.23. The van der Waals surface area contributed by atoms with Crippen LogP contribution in [0.3, 0.4) is 0 Å². The molecule has 0 aromatic rings. The smallest absolute Gasteiger partial charge is 0.317 e. The van der Waals surface area contributed by atoms with Gasteiger partial charge in [-0.05, 0) is 0 Å². The van der Waals surface area contributed by atoms with Gasteiger partial charge in [-0.2, -0.15) is 0 Å². The van der Waals surface area contributed by atoms with E-state index in [1.807, 2.05) is 0 Å². The third-order valence-electron chi connectivity index (χ3n) is 4.34. The predicted molar refractivity (Wildman–Crippen MR) is 137 cm³/mol. The van der Waals surface area contributed by atoms with E-state index in [2.05, 4.69) is 0 Å². The minimum Gasteiger partial charge on any atom is -0.480 e. The second kappa shape index (κ2) is 24.3. The van der Waals surface area contributed by atoms with E-state index in [9.17, 15) is 38.4 Å². The molecule has 0 amide bonds. The van der Waals surface area contributed by atoms with Crippen molar-refractivity contribution in [1.29, 1.82) is 0 Å². The van der Waals surface area contributed by atoms with Crippen molar-refractivity contribution in [2.75, 3.05) is 78.5 Å². The fraction of sp³-hybridized carbons (Fsp3) is 0.600. The SMILES string of the molecule is N.N.O=C(O)CN(CCN(CC(=O)O)CC(=O)O)CC(=O)O.O=C(O)CN(CCN(CC(=O)O)CC(=O)O)CC(=O)O. The van der Waals surface area contributed by atoms with Crippen LogP contribution in [-0.2, 0) is 38.4 Å². The Balaban J connectivity index is -0.000000328. The zero-order valence-corrected chi connectivity index (χ0v) is 22.5. The van der Waals surface area contributed by atoms with Gasteiger partial charge < -0.3 is 53.2 Å². The lowest BCUT2D eigenvalue weighted by atomic mass is 10.4. The van der Waals surface area contributed by atoms with E-state index in [-0.39, 0.29) is 38.5 Å². The molecule has 0 fully saturated rings. The van der Waals surface area contributed by atoms with Crippen molar-refractivity contribution in [3.8, 4) is 0 Å². The van der Waals surface area contributed by atoms with E-state index in [4.69, 9.17) is 40.9 Å². The largest absolute Gasteiger partial charge is 0.480 e. The predicted octanol–water partition coefficient (Wildman–Crippen LogP) is -3.82. The van der Waals surface area contributed by atoms with E-state index >= 15 is 0 Å². The van der Waals surface area contributed by atoms with Crippen molar-refractivity contribution < 1.29 is 79.2 Å². The Morgan fingerprint density at radius 3 is 0.452 bits per heavy atom. The summed E-state index contributed by atoms with van der Waals surface area (Å²) in [7, 11) is 0. The van der Waals surface area contributed by atoms with Gasteiger partial charge in [0.15, 0.2) is 0 Å². The Morgan fingerprint density at radius 2 is 0.381 bits per heavy atom. The molecule has 0 radical (unpaired) electrons. The maximum absolute atomic E-state index is 10.6. The molecule has 0 aromatic carbocycles. The molecular weight excluding hydrogens is 580 g/mol. The zero-order chi connectivity index (χ0) is 31.4. The molecule has 0 saturated heterocycles. The topological polar surface area (TPSA) is 381 Å². The molecule has 0 saturated carbocycles. The first-order chi connectivity index (χ1) is 18.4. The Labute approximate surface area is 238 Å².